The molecule has 0 aromatic heterocycles. The molecule has 0 fully saturated rings. The third-order valence-corrected chi connectivity index (χ3v) is 5.06. The molecule has 0 aliphatic heterocycles. The van der Waals surface area contributed by atoms with E-state index in [1.165, 1.54) is 0 Å². The fourth-order valence-corrected chi connectivity index (χ4v) is 3.06. The maximum Gasteiger partial charge on any atom is 0.326 e. The Morgan fingerprint density at radius 1 is 0.829 bits per heavy atom. The first-order valence-electron chi connectivity index (χ1n) is 10.9. The van der Waals surface area contributed by atoms with Crippen molar-refractivity contribution in [2.24, 2.45) is 27.9 Å². The fourth-order valence-electron chi connectivity index (χ4n) is 2.80. The number of carboxylic acids is 2. The van der Waals surface area contributed by atoms with Gasteiger partial charge in [0.1, 0.15) is 18.1 Å². The van der Waals surface area contributed by atoms with Gasteiger partial charge in [0.25, 0.3) is 0 Å². The van der Waals surface area contributed by atoms with Crippen molar-refractivity contribution < 1.29 is 34.2 Å². The van der Waals surface area contributed by atoms with Crippen LogP contribution in [0.2, 0.25) is 0 Å². The molecule has 0 aliphatic carbocycles. The summed E-state index contributed by atoms with van der Waals surface area (Å²) >= 11 is 4.00. The van der Waals surface area contributed by atoms with Crippen LogP contribution in [0.3, 0.4) is 0 Å². The van der Waals surface area contributed by atoms with Gasteiger partial charge >= 0.3 is 11.9 Å². The molecular weight excluding hydrogens is 484 g/mol. The Bertz CT molecular complexity index is 763. The summed E-state index contributed by atoms with van der Waals surface area (Å²) in [5.41, 5.74) is 21.6. The molecule has 4 unspecified atom stereocenters. The molecule has 13 N–H and O–H groups in total. The summed E-state index contributed by atoms with van der Waals surface area (Å²) in [4.78, 5) is 63.9. The lowest BCUT2D eigenvalue weighted by molar-refractivity contribution is -0.143. The van der Waals surface area contributed by atoms with E-state index in [1.54, 1.807) is 0 Å². The van der Waals surface area contributed by atoms with Crippen molar-refractivity contribution in [2.75, 3.05) is 18.8 Å². The number of carboxylic acid groups (broad SMARTS) is 2. The Kier molecular flexibility index (Phi) is 15.8. The molecule has 0 radical (unpaired) electrons. The molecule has 0 rings (SSSR count). The average molecular weight is 521 g/mol. The average Bonchev–Trinajstić information content (AvgIpc) is 2.78. The minimum absolute atomic E-state index is 0.116. The molecule has 0 bridgehead atoms. The van der Waals surface area contributed by atoms with Crippen LogP contribution in [0, 0.1) is 0 Å². The third-order valence-electron chi connectivity index (χ3n) is 4.69. The molecule has 0 aromatic carbocycles. The van der Waals surface area contributed by atoms with Crippen molar-refractivity contribution in [3.8, 4) is 0 Å². The van der Waals surface area contributed by atoms with Crippen LogP contribution in [-0.2, 0) is 24.0 Å². The number of carbonyl (C=O) groups is 5. The summed E-state index contributed by atoms with van der Waals surface area (Å²) in [5, 5.41) is 25.3. The SMILES string of the molecule is NCCCCC(NC(=O)C(CS)NC(=O)C(CC(=O)O)NC(=O)C(N)CCCN=C(N)N)C(=O)O. The Morgan fingerprint density at radius 2 is 1.40 bits per heavy atom. The van der Waals surface area contributed by atoms with E-state index < -0.39 is 60.2 Å². The maximum atomic E-state index is 12.7. The number of nitrogens with zero attached hydrogens (tertiary/aromatic N) is 1. The number of thiol groups is 1. The van der Waals surface area contributed by atoms with Gasteiger partial charge in [-0.3, -0.25) is 24.2 Å². The molecule has 0 saturated carbocycles. The lowest BCUT2D eigenvalue weighted by Crippen LogP contribution is -2.58. The first-order valence-corrected chi connectivity index (χ1v) is 11.5. The summed E-state index contributed by atoms with van der Waals surface area (Å²) in [6.07, 6.45) is 0.900. The number of carbonyl (C=O) groups excluding carboxylic acids is 3. The molecule has 3 amide bonds. The van der Waals surface area contributed by atoms with Gasteiger partial charge in [-0.15, -0.1) is 0 Å². The Hall–Kier alpha value is -3.11. The monoisotopic (exact) mass is 520 g/mol. The molecule has 0 heterocycles. The van der Waals surface area contributed by atoms with Crippen molar-refractivity contribution in [3.63, 3.8) is 0 Å². The predicted octanol–water partition coefficient (Wildman–Crippen LogP) is -3.56. The smallest absolute Gasteiger partial charge is 0.326 e. The largest absolute Gasteiger partial charge is 0.481 e. The Morgan fingerprint density at radius 3 is 1.91 bits per heavy atom. The zero-order valence-electron chi connectivity index (χ0n) is 19.3. The van der Waals surface area contributed by atoms with E-state index in [2.05, 4.69) is 33.6 Å². The number of nitrogens with one attached hydrogen (secondary N) is 3. The maximum absolute atomic E-state index is 12.7. The number of rotatable bonds is 18. The van der Waals surface area contributed by atoms with Crippen molar-refractivity contribution in [1.82, 2.24) is 16.0 Å². The molecule has 4 atom stereocenters. The lowest BCUT2D eigenvalue weighted by Gasteiger charge is -2.23. The summed E-state index contributed by atoms with van der Waals surface area (Å²) in [6.45, 7) is 0.594. The number of hydrogen-bond acceptors (Lipinski definition) is 9. The second-order valence-electron chi connectivity index (χ2n) is 7.64. The zero-order valence-corrected chi connectivity index (χ0v) is 20.2. The highest BCUT2D eigenvalue weighted by molar-refractivity contribution is 7.80. The highest BCUT2D eigenvalue weighted by Gasteiger charge is 2.30. The highest BCUT2D eigenvalue weighted by atomic mass is 32.1. The quantitative estimate of drug-likeness (QED) is 0.0365. The summed E-state index contributed by atoms with van der Waals surface area (Å²) < 4.78 is 0. The minimum atomic E-state index is -1.54. The van der Waals surface area contributed by atoms with Crippen LogP contribution in [-0.4, -0.2) is 88.8 Å². The number of unbranched alkanes of at least 4 members (excludes halogenated alkanes) is 1. The van der Waals surface area contributed by atoms with Crippen molar-refractivity contribution in [2.45, 2.75) is 62.7 Å². The first-order chi connectivity index (χ1) is 16.4. The number of amides is 3. The highest BCUT2D eigenvalue weighted by Crippen LogP contribution is 2.04. The van der Waals surface area contributed by atoms with E-state index in [4.69, 9.17) is 28.0 Å². The minimum Gasteiger partial charge on any atom is -0.481 e. The van der Waals surface area contributed by atoms with Gasteiger partial charge in [-0.25, -0.2) is 4.79 Å². The number of aliphatic imine (C=N–C) groups is 1. The van der Waals surface area contributed by atoms with Gasteiger partial charge < -0.3 is 49.1 Å². The molecular formula is C19H36N8O7S. The standard InChI is InChI=1S/C19H36N8O7S/c20-6-2-1-5-11(18(33)34)25-17(32)13(9-35)27-16(31)12(8-14(28)29)26-15(30)10(21)4-3-7-24-19(22)23/h10-13,35H,1-9,20-21H2,(H,25,32)(H,26,30)(H,27,31)(H,28,29)(H,33,34)(H4,22,23,24). The normalized spacial score (nSPS) is 14.0. The molecule has 0 spiro atoms. The van der Waals surface area contributed by atoms with Crippen molar-refractivity contribution in [1.29, 1.82) is 0 Å². The van der Waals surface area contributed by atoms with Crippen LogP contribution in [0.5, 0.6) is 0 Å². The topological polar surface area (TPSA) is 278 Å². The van der Waals surface area contributed by atoms with E-state index in [0.717, 1.165) is 0 Å². The first kappa shape index (κ1) is 31.9. The second kappa shape index (κ2) is 17.3. The van der Waals surface area contributed by atoms with E-state index in [1.807, 2.05) is 0 Å². The third kappa shape index (κ3) is 14.0. The van der Waals surface area contributed by atoms with Gasteiger partial charge in [0, 0.05) is 12.3 Å². The van der Waals surface area contributed by atoms with E-state index in [9.17, 15) is 29.1 Å². The number of hydrogen-bond donors (Lipinski definition) is 10. The van der Waals surface area contributed by atoms with Gasteiger partial charge in [-0.2, -0.15) is 12.6 Å². The molecule has 0 saturated heterocycles. The van der Waals surface area contributed by atoms with Gasteiger partial charge in [-0.05, 0) is 38.6 Å². The molecule has 0 aromatic rings. The summed E-state index contributed by atoms with van der Waals surface area (Å²) in [5.74, 6) is -5.56. The molecule has 16 heteroatoms. The van der Waals surface area contributed by atoms with Gasteiger partial charge in [-0.1, -0.05) is 0 Å². The van der Waals surface area contributed by atoms with Crippen LogP contribution in [0.15, 0.2) is 4.99 Å². The number of nitrogens with two attached hydrogens (primary N) is 4. The number of guanidine groups is 1. The second-order valence-corrected chi connectivity index (χ2v) is 8.01. The van der Waals surface area contributed by atoms with Crippen LogP contribution < -0.4 is 38.9 Å². The van der Waals surface area contributed by atoms with Crippen LogP contribution in [0.4, 0.5) is 0 Å². The summed E-state index contributed by atoms with van der Waals surface area (Å²) in [6, 6.07) is -5.11. The van der Waals surface area contributed by atoms with E-state index in [-0.39, 0.29) is 31.1 Å². The van der Waals surface area contributed by atoms with E-state index in [0.29, 0.717) is 25.8 Å². The molecule has 0 aliphatic rings. The van der Waals surface area contributed by atoms with Crippen LogP contribution in [0.1, 0.15) is 38.5 Å². The predicted molar refractivity (Wildman–Crippen MR) is 130 cm³/mol. The molecule has 35 heavy (non-hydrogen) atoms. The van der Waals surface area contributed by atoms with Gasteiger partial charge in [0.05, 0.1) is 12.5 Å². The zero-order chi connectivity index (χ0) is 27.0. The molecule has 200 valence electrons. The fraction of sp³-hybridized carbons (Fsp3) is 0.684. The Balaban J connectivity index is 5.14. The van der Waals surface area contributed by atoms with Gasteiger partial charge in [0.2, 0.25) is 17.7 Å². The van der Waals surface area contributed by atoms with E-state index >= 15 is 0 Å². The number of aliphatic carboxylic acids is 2. The van der Waals surface area contributed by atoms with Crippen molar-refractivity contribution >= 4 is 48.2 Å². The Labute approximate surface area is 208 Å². The van der Waals surface area contributed by atoms with Crippen LogP contribution >= 0.6 is 12.6 Å². The molecule has 15 nitrogen and oxygen atoms in total. The van der Waals surface area contributed by atoms with Crippen molar-refractivity contribution in [3.05, 3.63) is 0 Å². The van der Waals surface area contributed by atoms with Gasteiger partial charge in [0.15, 0.2) is 5.96 Å². The van der Waals surface area contributed by atoms with Crippen LogP contribution in [0.25, 0.3) is 0 Å². The summed E-state index contributed by atoms with van der Waals surface area (Å²) in [7, 11) is 0. The lowest BCUT2D eigenvalue weighted by atomic mass is 10.1.